The molecule has 0 aliphatic carbocycles. The third-order valence-electron chi connectivity index (χ3n) is 7.40. The quantitative estimate of drug-likeness (QED) is 0.445. The highest BCUT2D eigenvalue weighted by Crippen LogP contribution is 2.32. The van der Waals surface area contributed by atoms with Crippen molar-refractivity contribution >= 4 is 17.8 Å². The monoisotopic (exact) mass is 583 g/mol. The highest BCUT2D eigenvalue weighted by atomic mass is 19.4. The van der Waals surface area contributed by atoms with Gasteiger partial charge in [-0.15, -0.1) is 0 Å². The number of carbonyl (C=O) groups is 3. The normalized spacial score (nSPS) is 19.6. The molecular formula is C30H29F4N5O3. The molecule has 5 rings (SSSR count). The lowest BCUT2D eigenvalue weighted by Crippen LogP contribution is -2.76. The Morgan fingerprint density at radius 1 is 0.929 bits per heavy atom. The van der Waals surface area contributed by atoms with Gasteiger partial charge in [-0.3, -0.25) is 9.59 Å². The van der Waals surface area contributed by atoms with Crippen LogP contribution < -0.4 is 5.32 Å². The Balaban J connectivity index is 1.45. The van der Waals surface area contributed by atoms with Gasteiger partial charge < -0.3 is 15.1 Å². The van der Waals surface area contributed by atoms with Gasteiger partial charge in [-0.1, -0.05) is 54.6 Å². The summed E-state index contributed by atoms with van der Waals surface area (Å²) in [5.41, 5.74) is 0.882. The molecule has 0 saturated carbocycles. The summed E-state index contributed by atoms with van der Waals surface area (Å²) in [6.07, 6.45) is -5.30. The molecule has 2 saturated heterocycles. The molecule has 220 valence electrons. The standard InChI is InChI=1S/C30H29F4N5O3/c1-36-19-27(40)38-25(15-20-6-3-2-4-7-20)28(41)37(17-22-8-5-9-23(14-22)30(32,33)34)18-26(38)39(36)29(42)35-16-21-10-12-24(31)13-11-21/h2-14,25-26H,15-19H2,1H3,(H,35,42)/t25-,26-/m0/s1. The second kappa shape index (κ2) is 11.8. The number of halogens is 4. The van der Waals surface area contributed by atoms with Gasteiger partial charge in [0.25, 0.3) is 0 Å². The maximum atomic E-state index is 13.9. The van der Waals surface area contributed by atoms with Gasteiger partial charge in [-0.05, 0) is 41.0 Å². The van der Waals surface area contributed by atoms with Crippen LogP contribution in [0.3, 0.4) is 0 Å². The van der Waals surface area contributed by atoms with Gasteiger partial charge in [0.2, 0.25) is 11.8 Å². The van der Waals surface area contributed by atoms with Crippen molar-refractivity contribution in [3.63, 3.8) is 0 Å². The van der Waals surface area contributed by atoms with E-state index < -0.39 is 41.7 Å². The first-order valence-electron chi connectivity index (χ1n) is 13.3. The first-order chi connectivity index (χ1) is 20.0. The molecule has 2 fully saturated rings. The second-order valence-electron chi connectivity index (χ2n) is 10.3. The number of amides is 4. The van der Waals surface area contributed by atoms with Crippen molar-refractivity contribution in [3.8, 4) is 0 Å². The lowest BCUT2D eigenvalue weighted by atomic mass is 9.98. The SMILES string of the molecule is CN1CC(=O)N2[C@@H](Cc3ccccc3)C(=O)N(Cc3cccc(C(F)(F)F)c3)C[C@@H]2N1C(=O)NCc1ccc(F)cc1. The van der Waals surface area contributed by atoms with E-state index in [0.717, 1.165) is 17.7 Å². The van der Waals surface area contributed by atoms with Gasteiger partial charge in [0.15, 0.2) is 0 Å². The lowest BCUT2D eigenvalue weighted by molar-refractivity contribution is -0.187. The van der Waals surface area contributed by atoms with E-state index in [9.17, 15) is 31.9 Å². The fourth-order valence-electron chi connectivity index (χ4n) is 5.41. The van der Waals surface area contributed by atoms with Crippen molar-refractivity contribution in [3.05, 3.63) is 107 Å². The van der Waals surface area contributed by atoms with Crippen LogP contribution in [-0.2, 0) is 35.3 Å². The molecule has 42 heavy (non-hydrogen) atoms. The van der Waals surface area contributed by atoms with Gasteiger partial charge in [0, 0.05) is 26.6 Å². The number of likely N-dealkylation sites (N-methyl/N-ethyl adjacent to an activating group) is 1. The molecule has 3 aromatic rings. The minimum atomic E-state index is -4.55. The molecule has 2 heterocycles. The molecular weight excluding hydrogens is 554 g/mol. The Kier molecular flexibility index (Phi) is 8.17. The topological polar surface area (TPSA) is 76.2 Å². The van der Waals surface area contributed by atoms with Gasteiger partial charge >= 0.3 is 12.2 Å². The number of benzene rings is 3. The minimum Gasteiger partial charge on any atom is -0.333 e. The van der Waals surface area contributed by atoms with E-state index in [2.05, 4.69) is 5.32 Å². The van der Waals surface area contributed by atoms with Crippen molar-refractivity contribution in [1.29, 1.82) is 0 Å². The molecule has 0 aromatic heterocycles. The first-order valence-corrected chi connectivity index (χ1v) is 13.3. The summed E-state index contributed by atoms with van der Waals surface area (Å²) < 4.78 is 53.5. The zero-order valence-electron chi connectivity index (χ0n) is 22.7. The highest BCUT2D eigenvalue weighted by molar-refractivity contribution is 5.91. The average molecular weight is 584 g/mol. The van der Waals surface area contributed by atoms with Crippen LogP contribution in [0.15, 0.2) is 78.9 Å². The fraction of sp³-hybridized carbons (Fsp3) is 0.300. The van der Waals surface area contributed by atoms with E-state index in [1.165, 1.54) is 56.2 Å². The van der Waals surface area contributed by atoms with Crippen LogP contribution in [0.4, 0.5) is 22.4 Å². The fourth-order valence-corrected chi connectivity index (χ4v) is 5.41. The number of nitrogens with zero attached hydrogens (tertiary/aromatic N) is 4. The van der Waals surface area contributed by atoms with E-state index in [4.69, 9.17) is 0 Å². The summed E-state index contributed by atoms with van der Waals surface area (Å²) >= 11 is 0. The Morgan fingerprint density at radius 2 is 1.62 bits per heavy atom. The maximum Gasteiger partial charge on any atom is 0.416 e. The van der Waals surface area contributed by atoms with E-state index >= 15 is 0 Å². The number of nitrogens with one attached hydrogen (secondary N) is 1. The van der Waals surface area contributed by atoms with Gasteiger partial charge in [0.05, 0.1) is 18.7 Å². The van der Waals surface area contributed by atoms with Gasteiger partial charge in [0.1, 0.15) is 18.0 Å². The average Bonchev–Trinajstić information content (AvgIpc) is 2.95. The number of urea groups is 1. The van der Waals surface area contributed by atoms with Crippen LogP contribution in [0.2, 0.25) is 0 Å². The molecule has 0 spiro atoms. The van der Waals surface area contributed by atoms with Crippen molar-refractivity contribution in [2.24, 2.45) is 0 Å². The molecule has 2 atom stereocenters. The van der Waals surface area contributed by atoms with Gasteiger partial charge in [-0.25, -0.2) is 19.2 Å². The third kappa shape index (κ3) is 6.23. The summed E-state index contributed by atoms with van der Waals surface area (Å²) in [4.78, 5) is 43.6. The Bertz CT molecular complexity index is 1450. The molecule has 0 unspecified atom stereocenters. The van der Waals surface area contributed by atoms with E-state index in [0.29, 0.717) is 5.56 Å². The molecule has 2 aliphatic heterocycles. The number of alkyl halides is 3. The molecule has 8 nitrogen and oxygen atoms in total. The second-order valence-corrected chi connectivity index (χ2v) is 10.3. The van der Waals surface area contributed by atoms with Crippen LogP contribution >= 0.6 is 0 Å². The Labute approximate surface area is 240 Å². The molecule has 3 aromatic carbocycles. The molecule has 2 aliphatic rings. The molecule has 12 heteroatoms. The first kappa shape index (κ1) is 29.1. The highest BCUT2D eigenvalue weighted by Gasteiger charge is 2.50. The molecule has 1 N–H and O–H groups in total. The maximum absolute atomic E-state index is 13.9. The van der Waals surface area contributed by atoms with E-state index in [1.807, 2.05) is 30.3 Å². The van der Waals surface area contributed by atoms with Crippen LogP contribution in [-0.4, -0.2) is 70.0 Å². The summed E-state index contributed by atoms with van der Waals surface area (Å²) in [6.45, 7) is -0.321. The number of piperazine rings is 1. The molecule has 0 bridgehead atoms. The number of hydrazine groups is 1. The van der Waals surface area contributed by atoms with Crippen molar-refractivity contribution in [2.75, 3.05) is 20.1 Å². The van der Waals surface area contributed by atoms with Crippen LogP contribution in [0.1, 0.15) is 22.3 Å². The van der Waals surface area contributed by atoms with Crippen LogP contribution in [0.5, 0.6) is 0 Å². The van der Waals surface area contributed by atoms with Crippen LogP contribution in [0.25, 0.3) is 0 Å². The zero-order valence-corrected chi connectivity index (χ0v) is 22.7. The zero-order chi connectivity index (χ0) is 30.0. The predicted molar refractivity (Wildman–Crippen MR) is 145 cm³/mol. The van der Waals surface area contributed by atoms with Crippen molar-refractivity contribution < 1.29 is 31.9 Å². The minimum absolute atomic E-state index is 0.0877. The number of hydrogen-bond acceptors (Lipinski definition) is 4. The van der Waals surface area contributed by atoms with E-state index in [-0.39, 0.29) is 44.1 Å². The smallest absolute Gasteiger partial charge is 0.333 e. The summed E-state index contributed by atoms with van der Waals surface area (Å²) in [5.74, 6) is -1.18. The van der Waals surface area contributed by atoms with E-state index in [1.54, 1.807) is 7.05 Å². The van der Waals surface area contributed by atoms with Crippen LogP contribution in [0, 0.1) is 5.82 Å². The molecule has 0 radical (unpaired) electrons. The number of carbonyl (C=O) groups excluding carboxylic acids is 3. The Hall–Kier alpha value is -4.45. The number of hydrogen-bond donors (Lipinski definition) is 1. The summed E-state index contributed by atoms with van der Waals surface area (Å²) in [6, 6.07) is 17.9. The largest absolute Gasteiger partial charge is 0.416 e. The lowest BCUT2D eigenvalue weighted by Gasteiger charge is -2.54. The summed E-state index contributed by atoms with van der Waals surface area (Å²) in [7, 11) is 1.58. The van der Waals surface area contributed by atoms with Gasteiger partial charge in [-0.2, -0.15) is 13.2 Å². The van der Waals surface area contributed by atoms with Crippen molar-refractivity contribution in [1.82, 2.24) is 25.1 Å². The number of fused-ring (bicyclic) bond motifs is 1. The predicted octanol–water partition coefficient (Wildman–Crippen LogP) is 4.02. The van der Waals surface area contributed by atoms with Crippen molar-refractivity contribution in [2.45, 2.75) is 37.9 Å². The third-order valence-corrected chi connectivity index (χ3v) is 7.40. The molecule has 4 amide bonds. The number of rotatable bonds is 6. The summed E-state index contributed by atoms with van der Waals surface area (Å²) in [5, 5.41) is 5.60. The Morgan fingerprint density at radius 3 is 2.31 bits per heavy atom.